The second-order valence-corrected chi connectivity index (χ2v) is 4.30. The number of hydrogen-bond donors (Lipinski definition) is 2. The molecule has 1 atom stereocenters. The summed E-state index contributed by atoms with van der Waals surface area (Å²) in [6, 6.07) is 4.84. The number of fused-ring (bicyclic) bond motifs is 1. The van der Waals surface area contributed by atoms with Gasteiger partial charge in [-0.3, -0.25) is 4.79 Å². The number of aromatic nitrogens is 1. The molecule has 5 heteroatoms. The van der Waals surface area contributed by atoms with Gasteiger partial charge in [-0.05, 0) is 23.8 Å². The second-order valence-electron chi connectivity index (χ2n) is 4.30. The third-order valence-corrected chi connectivity index (χ3v) is 3.04. The van der Waals surface area contributed by atoms with Crippen LogP contribution in [0.5, 0.6) is 5.75 Å². The minimum absolute atomic E-state index is 0.305. The van der Waals surface area contributed by atoms with Gasteiger partial charge in [0.25, 0.3) is 0 Å². The van der Waals surface area contributed by atoms with E-state index in [2.05, 4.69) is 0 Å². The predicted molar refractivity (Wildman–Crippen MR) is 68.8 cm³/mol. The van der Waals surface area contributed by atoms with Crippen molar-refractivity contribution in [1.29, 1.82) is 0 Å². The monoisotopic (exact) mass is 248 g/mol. The largest absolute Gasteiger partial charge is 0.497 e. The second kappa shape index (κ2) is 4.70. The Balaban J connectivity index is 2.46. The molecule has 5 nitrogen and oxygen atoms in total. The van der Waals surface area contributed by atoms with Crippen LogP contribution in [0, 0.1) is 0 Å². The number of carbonyl (C=O) groups is 1. The molecular formula is C13H16N2O3. The Morgan fingerprint density at radius 1 is 1.56 bits per heavy atom. The van der Waals surface area contributed by atoms with Crippen molar-refractivity contribution in [1.82, 2.24) is 4.57 Å². The molecule has 96 valence electrons. The molecule has 0 fully saturated rings. The molecule has 0 aliphatic carbocycles. The van der Waals surface area contributed by atoms with Crippen molar-refractivity contribution < 1.29 is 14.6 Å². The van der Waals surface area contributed by atoms with Crippen molar-refractivity contribution in [2.24, 2.45) is 12.8 Å². The van der Waals surface area contributed by atoms with Gasteiger partial charge in [-0.2, -0.15) is 0 Å². The Labute approximate surface area is 105 Å². The van der Waals surface area contributed by atoms with Gasteiger partial charge in [0.05, 0.1) is 7.11 Å². The SMILES string of the molecule is COc1ccc2c(c1)c(CC(N)C(=O)O)cn2C. The van der Waals surface area contributed by atoms with Crippen LogP contribution in [0.3, 0.4) is 0 Å². The molecular weight excluding hydrogens is 232 g/mol. The number of methoxy groups -OCH3 is 1. The van der Waals surface area contributed by atoms with Gasteiger partial charge in [0, 0.05) is 30.6 Å². The summed E-state index contributed by atoms with van der Waals surface area (Å²) in [4.78, 5) is 10.8. The maximum absolute atomic E-state index is 10.8. The molecule has 1 aromatic carbocycles. The third kappa shape index (κ3) is 2.17. The summed E-state index contributed by atoms with van der Waals surface area (Å²) in [5.74, 6) is -0.242. The normalized spacial score (nSPS) is 12.6. The number of ether oxygens (including phenoxy) is 1. The maximum Gasteiger partial charge on any atom is 0.320 e. The Morgan fingerprint density at radius 3 is 2.89 bits per heavy atom. The Morgan fingerprint density at radius 2 is 2.28 bits per heavy atom. The van der Waals surface area contributed by atoms with Gasteiger partial charge in [0.2, 0.25) is 0 Å². The molecule has 3 N–H and O–H groups in total. The molecule has 0 saturated carbocycles. The molecule has 0 spiro atoms. The van der Waals surface area contributed by atoms with Crippen LogP contribution >= 0.6 is 0 Å². The van der Waals surface area contributed by atoms with Crippen LogP contribution in [-0.4, -0.2) is 28.8 Å². The standard InChI is InChI=1S/C13H16N2O3/c1-15-7-8(5-11(14)13(16)17)10-6-9(18-2)3-4-12(10)15/h3-4,6-7,11H,5,14H2,1-2H3,(H,16,17). The number of aliphatic carboxylic acids is 1. The number of carboxylic acid groups (broad SMARTS) is 1. The molecule has 0 aliphatic heterocycles. The van der Waals surface area contributed by atoms with Crippen LogP contribution in [0.2, 0.25) is 0 Å². The van der Waals surface area contributed by atoms with Crippen LogP contribution < -0.4 is 10.5 Å². The van der Waals surface area contributed by atoms with Crippen LogP contribution in [0.1, 0.15) is 5.56 Å². The van der Waals surface area contributed by atoms with Crippen molar-refractivity contribution in [3.05, 3.63) is 30.0 Å². The molecule has 0 saturated heterocycles. The lowest BCUT2D eigenvalue weighted by atomic mass is 10.1. The van der Waals surface area contributed by atoms with E-state index >= 15 is 0 Å². The van der Waals surface area contributed by atoms with Crippen molar-refractivity contribution in [3.8, 4) is 5.75 Å². The summed E-state index contributed by atoms with van der Waals surface area (Å²) in [6.45, 7) is 0. The van der Waals surface area contributed by atoms with E-state index in [-0.39, 0.29) is 0 Å². The van der Waals surface area contributed by atoms with Crippen molar-refractivity contribution in [2.45, 2.75) is 12.5 Å². The highest BCUT2D eigenvalue weighted by Gasteiger charge is 2.16. The highest BCUT2D eigenvalue weighted by Crippen LogP contribution is 2.26. The molecule has 0 bridgehead atoms. The number of benzene rings is 1. The van der Waals surface area contributed by atoms with E-state index < -0.39 is 12.0 Å². The lowest BCUT2D eigenvalue weighted by Crippen LogP contribution is -2.32. The first-order valence-electron chi connectivity index (χ1n) is 5.63. The summed E-state index contributed by atoms with van der Waals surface area (Å²) >= 11 is 0. The highest BCUT2D eigenvalue weighted by atomic mass is 16.5. The minimum atomic E-state index is -0.991. The summed E-state index contributed by atoms with van der Waals surface area (Å²) in [5, 5.41) is 9.85. The van der Waals surface area contributed by atoms with Crippen molar-refractivity contribution >= 4 is 16.9 Å². The topological polar surface area (TPSA) is 77.5 Å². The van der Waals surface area contributed by atoms with E-state index in [0.29, 0.717) is 6.42 Å². The maximum atomic E-state index is 10.8. The molecule has 2 aromatic rings. The lowest BCUT2D eigenvalue weighted by molar-refractivity contribution is -0.138. The van der Waals surface area contributed by atoms with Gasteiger partial charge < -0.3 is 20.1 Å². The van der Waals surface area contributed by atoms with E-state index in [4.69, 9.17) is 15.6 Å². The average molecular weight is 248 g/mol. The predicted octanol–water partition coefficient (Wildman–Crippen LogP) is 1.14. The smallest absolute Gasteiger partial charge is 0.320 e. The fourth-order valence-electron chi connectivity index (χ4n) is 2.07. The number of aryl methyl sites for hydroxylation is 1. The molecule has 2 rings (SSSR count). The molecule has 1 aromatic heterocycles. The fourth-order valence-corrected chi connectivity index (χ4v) is 2.07. The summed E-state index contributed by atoms with van der Waals surface area (Å²) in [6.07, 6.45) is 2.22. The Bertz CT molecular complexity index is 589. The number of nitrogens with two attached hydrogens (primary N) is 1. The van der Waals surface area contributed by atoms with E-state index in [1.807, 2.05) is 36.0 Å². The molecule has 0 aliphatic rings. The Hall–Kier alpha value is -2.01. The van der Waals surface area contributed by atoms with E-state index in [1.165, 1.54) is 0 Å². The molecule has 0 radical (unpaired) electrons. The van der Waals surface area contributed by atoms with Gasteiger partial charge in [0.1, 0.15) is 11.8 Å². The van der Waals surface area contributed by atoms with Crippen molar-refractivity contribution in [2.75, 3.05) is 7.11 Å². The number of rotatable bonds is 4. The van der Waals surface area contributed by atoms with E-state index in [1.54, 1.807) is 7.11 Å². The van der Waals surface area contributed by atoms with E-state index in [9.17, 15) is 4.79 Å². The van der Waals surface area contributed by atoms with Gasteiger partial charge in [-0.25, -0.2) is 0 Å². The van der Waals surface area contributed by atoms with Gasteiger partial charge >= 0.3 is 5.97 Å². The first-order chi connectivity index (χ1) is 8.52. The summed E-state index contributed by atoms with van der Waals surface area (Å²) < 4.78 is 7.14. The molecule has 1 unspecified atom stereocenters. The third-order valence-electron chi connectivity index (χ3n) is 3.04. The van der Waals surface area contributed by atoms with Crippen LogP contribution in [0.15, 0.2) is 24.4 Å². The Kier molecular flexibility index (Phi) is 3.25. The number of nitrogens with zero attached hydrogens (tertiary/aromatic N) is 1. The first-order valence-corrected chi connectivity index (χ1v) is 5.63. The zero-order chi connectivity index (χ0) is 13.3. The zero-order valence-corrected chi connectivity index (χ0v) is 10.4. The van der Waals surface area contributed by atoms with E-state index in [0.717, 1.165) is 22.2 Å². The molecule has 0 amide bonds. The van der Waals surface area contributed by atoms with Gasteiger partial charge in [-0.15, -0.1) is 0 Å². The minimum Gasteiger partial charge on any atom is -0.497 e. The van der Waals surface area contributed by atoms with Crippen LogP contribution in [-0.2, 0) is 18.3 Å². The van der Waals surface area contributed by atoms with Crippen molar-refractivity contribution in [3.63, 3.8) is 0 Å². The summed E-state index contributed by atoms with van der Waals surface area (Å²) in [7, 11) is 3.53. The average Bonchev–Trinajstić information content (AvgIpc) is 2.65. The van der Waals surface area contributed by atoms with Gasteiger partial charge in [0.15, 0.2) is 0 Å². The highest BCUT2D eigenvalue weighted by molar-refractivity contribution is 5.86. The first kappa shape index (κ1) is 12.4. The summed E-state index contributed by atoms with van der Waals surface area (Å²) in [5.41, 5.74) is 7.53. The number of carboxylic acids is 1. The zero-order valence-electron chi connectivity index (χ0n) is 10.4. The molecule has 18 heavy (non-hydrogen) atoms. The number of hydrogen-bond acceptors (Lipinski definition) is 3. The molecule has 1 heterocycles. The fraction of sp³-hybridized carbons (Fsp3) is 0.308. The lowest BCUT2D eigenvalue weighted by Gasteiger charge is -2.05. The van der Waals surface area contributed by atoms with Crippen LogP contribution in [0.4, 0.5) is 0 Å². The van der Waals surface area contributed by atoms with Crippen LogP contribution in [0.25, 0.3) is 10.9 Å². The van der Waals surface area contributed by atoms with Gasteiger partial charge in [-0.1, -0.05) is 0 Å². The quantitative estimate of drug-likeness (QED) is 0.850.